The fraction of sp³-hybridized carbons (Fsp3) is 0.727. The number of hydrogen-bond acceptors (Lipinski definition) is 0. The van der Waals surface area contributed by atoms with Gasteiger partial charge >= 0.3 is 0 Å². The summed E-state index contributed by atoms with van der Waals surface area (Å²) >= 11 is 0. The third kappa shape index (κ3) is 3.94. The minimum absolute atomic E-state index is 0.998. The van der Waals surface area contributed by atoms with E-state index in [-0.39, 0.29) is 0 Å². The van der Waals surface area contributed by atoms with E-state index in [4.69, 9.17) is 0 Å². The van der Waals surface area contributed by atoms with Gasteiger partial charge in [-0.3, -0.25) is 0 Å². The Kier molecular flexibility index (Phi) is 3.36. The highest BCUT2D eigenvalue weighted by molar-refractivity contribution is 6.80. The molecule has 0 bridgehead atoms. The zero-order valence-electron chi connectivity index (χ0n) is 8.61. The van der Waals surface area contributed by atoms with E-state index in [9.17, 15) is 0 Å². The normalized spacial score (nSPS) is 18.8. The Morgan fingerprint density at radius 2 is 1.67 bits per heavy atom. The molecule has 0 spiro atoms. The fourth-order valence-corrected chi connectivity index (χ4v) is 2.08. The maximum absolute atomic E-state index is 3.51. The van der Waals surface area contributed by atoms with Crippen LogP contribution in [-0.2, 0) is 0 Å². The van der Waals surface area contributed by atoms with Crippen molar-refractivity contribution in [3.63, 3.8) is 0 Å². The molecule has 1 saturated carbocycles. The van der Waals surface area contributed by atoms with Gasteiger partial charge in [0.25, 0.3) is 0 Å². The van der Waals surface area contributed by atoms with Crippen molar-refractivity contribution in [2.24, 2.45) is 0 Å². The Labute approximate surface area is 77.4 Å². The Morgan fingerprint density at radius 3 is 2.17 bits per heavy atom. The molecule has 0 saturated heterocycles. The van der Waals surface area contributed by atoms with E-state index in [2.05, 4.69) is 31.1 Å². The van der Waals surface area contributed by atoms with Crippen molar-refractivity contribution in [1.29, 1.82) is 0 Å². The van der Waals surface area contributed by atoms with Crippen molar-refractivity contribution in [3.8, 4) is 0 Å². The van der Waals surface area contributed by atoms with Gasteiger partial charge in [-0.15, -0.1) is 5.73 Å². The van der Waals surface area contributed by atoms with Crippen LogP contribution in [-0.4, -0.2) is 8.07 Å². The molecule has 0 aromatic rings. The molecule has 0 N–H and O–H groups in total. The molecule has 0 aromatic heterocycles. The zero-order valence-corrected chi connectivity index (χ0v) is 9.61. The van der Waals surface area contributed by atoms with E-state index in [0.717, 1.165) is 0 Å². The second-order valence-electron chi connectivity index (χ2n) is 4.82. The Hall–Kier alpha value is -0.263. The summed E-state index contributed by atoms with van der Waals surface area (Å²) in [6.07, 6.45) is 6.82. The Bertz CT molecular complexity index is 194. The summed E-state index contributed by atoms with van der Waals surface area (Å²) in [6.45, 7) is 7.09. The summed E-state index contributed by atoms with van der Waals surface area (Å²) < 4.78 is 0. The molecule has 0 aromatic carbocycles. The molecule has 68 valence electrons. The predicted octanol–water partition coefficient (Wildman–Crippen LogP) is 3.91. The van der Waals surface area contributed by atoms with Gasteiger partial charge in [0.15, 0.2) is 0 Å². The molecule has 0 aliphatic heterocycles. The van der Waals surface area contributed by atoms with Crippen molar-refractivity contribution < 1.29 is 0 Å². The zero-order chi connectivity index (χ0) is 9.03. The minimum Gasteiger partial charge on any atom is -0.130 e. The third-order valence-electron chi connectivity index (χ3n) is 2.17. The van der Waals surface area contributed by atoms with Gasteiger partial charge in [0.05, 0.1) is 8.07 Å². The predicted molar refractivity (Wildman–Crippen MR) is 58.0 cm³/mol. The molecule has 1 heteroatoms. The van der Waals surface area contributed by atoms with Crippen LogP contribution in [0.4, 0.5) is 0 Å². The average molecular weight is 180 g/mol. The van der Waals surface area contributed by atoms with E-state index in [0.29, 0.717) is 0 Å². The molecule has 1 aliphatic carbocycles. The van der Waals surface area contributed by atoms with Gasteiger partial charge in [0.1, 0.15) is 0 Å². The van der Waals surface area contributed by atoms with Gasteiger partial charge in [-0.2, -0.15) is 0 Å². The maximum Gasteiger partial charge on any atom is 0.0781 e. The largest absolute Gasteiger partial charge is 0.130 e. The molecule has 1 aliphatic rings. The molecule has 1 fully saturated rings. The lowest BCUT2D eigenvalue weighted by molar-refractivity contribution is 0.600. The third-order valence-corrected chi connectivity index (χ3v) is 3.18. The van der Waals surface area contributed by atoms with Crippen molar-refractivity contribution in [2.75, 3.05) is 0 Å². The average Bonchev–Trinajstić information content (AvgIpc) is 2.02. The Balaban J connectivity index is 2.60. The Morgan fingerprint density at radius 1 is 1.08 bits per heavy atom. The first-order chi connectivity index (χ1) is 5.58. The number of rotatable bonds is 1. The first-order valence-electron chi connectivity index (χ1n) is 5.03. The first kappa shape index (κ1) is 9.82. The van der Waals surface area contributed by atoms with Crippen LogP contribution in [0.5, 0.6) is 0 Å². The van der Waals surface area contributed by atoms with Crippen molar-refractivity contribution in [3.05, 3.63) is 17.0 Å². The first-order valence-corrected chi connectivity index (χ1v) is 8.61. The SMILES string of the molecule is C[Si](C)(C)C=C=C1CCCCC1. The molecular formula is C11H20Si. The van der Waals surface area contributed by atoms with Gasteiger partial charge in [-0.05, 0) is 31.3 Å². The summed E-state index contributed by atoms with van der Waals surface area (Å²) in [5.41, 5.74) is 7.44. The molecular weight excluding hydrogens is 160 g/mol. The number of allylic oxidation sites excluding steroid dienone is 1. The van der Waals surface area contributed by atoms with Gasteiger partial charge < -0.3 is 0 Å². The fourth-order valence-electron chi connectivity index (χ4n) is 1.44. The van der Waals surface area contributed by atoms with Crippen LogP contribution < -0.4 is 0 Å². The van der Waals surface area contributed by atoms with E-state index in [1.807, 2.05) is 0 Å². The van der Waals surface area contributed by atoms with Gasteiger partial charge in [-0.25, -0.2) is 0 Å². The monoisotopic (exact) mass is 180 g/mol. The highest BCUT2D eigenvalue weighted by Gasteiger charge is 2.08. The molecule has 1 rings (SSSR count). The van der Waals surface area contributed by atoms with Crippen LogP contribution in [0.15, 0.2) is 17.0 Å². The van der Waals surface area contributed by atoms with Crippen LogP contribution in [0.3, 0.4) is 0 Å². The summed E-state index contributed by atoms with van der Waals surface area (Å²) in [7, 11) is -0.998. The lowest BCUT2D eigenvalue weighted by atomic mass is 9.96. The highest BCUT2D eigenvalue weighted by Crippen LogP contribution is 2.21. The van der Waals surface area contributed by atoms with Gasteiger partial charge in [-0.1, -0.05) is 31.8 Å². The smallest absolute Gasteiger partial charge is 0.0781 e. The van der Waals surface area contributed by atoms with E-state index in [1.54, 1.807) is 5.57 Å². The summed E-state index contributed by atoms with van der Waals surface area (Å²) in [5, 5.41) is 0. The van der Waals surface area contributed by atoms with E-state index >= 15 is 0 Å². The molecule has 0 unspecified atom stereocenters. The molecule has 0 atom stereocenters. The molecule has 0 heterocycles. The van der Waals surface area contributed by atoms with Gasteiger partial charge in [0.2, 0.25) is 0 Å². The maximum atomic E-state index is 3.51. The molecule has 0 nitrogen and oxygen atoms in total. The minimum atomic E-state index is -0.998. The molecule has 12 heavy (non-hydrogen) atoms. The number of hydrogen-bond donors (Lipinski definition) is 0. The van der Waals surface area contributed by atoms with Crippen LogP contribution in [0, 0.1) is 0 Å². The standard InChI is InChI=1S/C11H20Si/c1-12(2,3)10-9-11-7-5-4-6-8-11/h10H,4-8H2,1-3H3. The summed E-state index contributed by atoms with van der Waals surface area (Å²) in [6, 6.07) is 0. The second kappa shape index (κ2) is 4.11. The van der Waals surface area contributed by atoms with Crippen molar-refractivity contribution >= 4 is 8.07 Å². The highest BCUT2D eigenvalue weighted by atomic mass is 28.3. The second-order valence-corrected chi connectivity index (χ2v) is 9.84. The van der Waals surface area contributed by atoms with Crippen LogP contribution in [0.2, 0.25) is 19.6 Å². The van der Waals surface area contributed by atoms with Crippen LogP contribution >= 0.6 is 0 Å². The lowest BCUT2D eigenvalue weighted by Gasteiger charge is -2.12. The van der Waals surface area contributed by atoms with Crippen LogP contribution in [0.1, 0.15) is 32.1 Å². The quantitative estimate of drug-likeness (QED) is 0.424. The topological polar surface area (TPSA) is 0 Å². The van der Waals surface area contributed by atoms with Crippen LogP contribution in [0.25, 0.3) is 0 Å². The van der Waals surface area contributed by atoms with Gasteiger partial charge in [0, 0.05) is 0 Å². The van der Waals surface area contributed by atoms with E-state index < -0.39 is 8.07 Å². The summed E-state index contributed by atoms with van der Waals surface area (Å²) in [4.78, 5) is 0. The van der Waals surface area contributed by atoms with Crippen molar-refractivity contribution in [2.45, 2.75) is 51.7 Å². The lowest BCUT2D eigenvalue weighted by Crippen LogP contribution is -2.14. The molecule has 0 amide bonds. The molecule has 0 radical (unpaired) electrons. The van der Waals surface area contributed by atoms with E-state index in [1.165, 1.54) is 32.1 Å². The summed E-state index contributed by atoms with van der Waals surface area (Å²) in [5.74, 6) is 0. The van der Waals surface area contributed by atoms with Crippen molar-refractivity contribution in [1.82, 2.24) is 0 Å².